The Morgan fingerprint density at radius 2 is 2.00 bits per heavy atom. The van der Waals surface area contributed by atoms with Crippen LogP contribution in [0.1, 0.15) is 22.3 Å². The van der Waals surface area contributed by atoms with E-state index in [-0.39, 0.29) is 22.6 Å². The number of carbonyl (C=O) groups is 1. The number of nitrogens with one attached hydrogen (secondary N) is 3. The van der Waals surface area contributed by atoms with Crippen molar-refractivity contribution >= 4 is 28.2 Å². The number of amides is 1. The molecule has 3 aromatic rings. The summed E-state index contributed by atoms with van der Waals surface area (Å²) in [6.45, 7) is 2.92. The van der Waals surface area contributed by atoms with Crippen molar-refractivity contribution in [1.29, 1.82) is 5.53 Å². The van der Waals surface area contributed by atoms with Gasteiger partial charge >= 0.3 is 0 Å². The first kappa shape index (κ1) is 21.0. The number of fused-ring (bicyclic) bond motifs is 1. The van der Waals surface area contributed by atoms with Crippen LogP contribution >= 0.6 is 0 Å². The molecule has 168 valence electrons. The van der Waals surface area contributed by atoms with Gasteiger partial charge in [0.15, 0.2) is 0 Å². The minimum Gasteiger partial charge on any atom is -0.380 e. The van der Waals surface area contributed by atoms with Crippen LogP contribution in [0.3, 0.4) is 0 Å². The van der Waals surface area contributed by atoms with E-state index in [1.807, 2.05) is 4.90 Å². The molecule has 0 bridgehead atoms. The van der Waals surface area contributed by atoms with Gasteiger partial charge in [-0.05, 0) is 55.0 Å². The highest BCUT2D eigenvalue weighted by molar-refractivity contribution is 5.95. The summed E-state index contributed by atoms with van der Waals surface area (Å²) in [5, 5.41) is 6.96. The molecule has 9 heteroatoms. The third-order valence-electron chi connectivity index (χ3n) is 6.25. The number of ether oxygens (including phenoxy) is 1. The second-order valence-electron chi connectivity index (χ2n) is 8.58. The quantitative estimate of drug-likeness (QED) is 0.514. The lowest BCUT2D eigenvalue weighted by molar-refractivity contribution is -0.103. The van der Waals surface area contributed by atoms with E-state index in [0.29, 0.717) is 22.2 Å². The second-order valence-corrected chi connectivity index (χ2v) is 8.58. The van der Waals surface area contributed by atoms with Gasteiger partial charge in [-0.2, -0.15) is 5.11 Å². The Morgan fingerprint density at radius 3 is 2.67 bits per heavy atom. The van der Waals surface area contributed by atoms with Gasteiger partial charge < -0.3 is 19.9 Å². The average molecular weight is 447 g/mol. The number of nitrogens with zero attached hydrogens (tertiary/aromatic N) is 2. The largest absolute Gasteiger partial charge is 0.380 e. The zero-order valence-electron chi connectivity index (χ0n) is 17.7. The van der Waals surface area contributed by atoms with Crippen LogP contribution in [0.4, 0.5) is 10.1 Å². The van der Waals surface area contributed by atoms with Crippen LogP contribution in [0.15, 0.2) is 64.6 Å². The fourth-order valence-corrected chi connectivity index (χ4v) is 4.32. The second kappa shape index (κ2) is 8.25. The van der Waals surface area contributed by atoms with Crippen LogP contribution in [-0.2, 0) is 4.74 Å². The monoisotopic (exact) mass is 447 g/mol. The summed E-state index contributed by atoms with van der Waals surface area (Å²) in [4.78, 5) is 29.8. The van der Waals surface area contributed by atoms with Crippen molar-refractivity contribution in [2.24, 2.45) is 10.5 Å². The highest BCUT2D eigenvalue weighted by Crippen LogP contribution is 2.38. The van der Waals surface area contributed by atoms with E-state index in [2.05, 4.69) is 15.4 Å². The molecule has 0 aliphatic carbocycles. The van der Waals surface area contributed by atoms with Gasteiger partial charge in [-0.3, -0.25) is 9.59 Å². The van der Waals surface area contributed by atoms with Crippen molar-refractivity contribution in [3.63, 3.8) is 0 Å². The minimum atomic E-state index is -0.431. The fourth-order valence-electron chi connectivity index (χ4n) is 4.32. The lowest BCUT2D eigenvalue weighted by Crippen LogP contribution is -2.45. The van der Waals surface area contributed by atoms with Gasteiger partial charge in [0.25, 0.3) is 11.5 Å². The number of aromatic nitrogens is 1. The van der Waals surface area contributed by atoms with Gasteiger partial charge in [0.2, 0.25) is 0 Å². The molecule has 3 heterocycles. The highest BCUT2D eigenvalue weighted by atomic mass is 19.1. The lowest BCUT2D eigenvalue weighted by atomic mass is 9.85. The van der Waals surface area contributed by atoms with E-state index in [0.717, 1.165) is 32.7 Å². The zero-order valence-corrected chi connectivity index (χ0v) is 17.7. The van der Waals surface area contributed by atoms with E-state index < -0.39 is 11.4 Å². The number of rotatable bonds is 5. The van der Waals surface area contributed by atoms with Crippen molar-refractivity contribution in [3.05, 3.63) is 82.0 Å². The molecule has 1 amide bonds. The first-order valence-corrected chi connectivity index (χ1v) is 10.6. The van der Waals surface area contributed by atoms with Crippen LogP contribution in [0.5, 0.6) is 0 Å². The van der Waals surface area contributed by atoms with Crippen molar-refractivity contribution in [3.8, 4) is 0 Å². The molecule has 2 aliphatic rings. The Hall–Kier alpha value is -3.85. The standard InChI is InChI=1S/C24H22FN5O3/c25-17-3-6-20-16(9-17)10-19(22(31)28-20)21(29-26)11-27-18-4-1-15(2-5-18)23(32)30-8-7-24(12-30)13-33-14-24/h1-6,9-11,26-27H,7-8,12-14H2,(H,28,31)/b21-11-,29-26?. The Balaban J connectivity index is 1.31. The van der Waals surface area contributed by atoms with Gasteiger partial charge in [-0.1, -0.05) is 0 Å². The molecule has 0 radical (unpaired) electrons. The third-order valence-corrected chi connectivity index (χ3v) is 6.25. The first-order chi connectivity index (χ1) is 16.0. The Morgan fingerprint density at radius 1 is 1.21 bits per heavy atom. The normalized spacial score (nSPS) is 17.2. The molecule has 1 spiro atoms. The molecule has 2 fully saturated rings. The summed E-state index contributed by atoms with van der Waals surface area (Å²) in [7, 11) is 0. The molecule has 2 aromatic carbocycles. The van der Waals surface area contributed by atoms with E-state index in [1.165, 1.54) is 30.5 Å². The van der Waals surface area contributed by atoms with E-state index in [4.69, 9.17) is 10.3 Å². The number of H-pyrrole nitrogens is 1. The molecule has 5 rings (SSSR count). The summed E-state index contributed by atoms with van der Waals surface area (Å²) < 4.78 is 18.9. The van der Waals surface area contributed by atoms with Crippen LogP contribution in [0.25, 0.3) is 16.6 Å². The van der Waals surface area contributed by atoms with E-state index in [1.54, 1.807) is 24.3 Å². The molecule has 0 unspecified atom stereocenters. The van der Waals surface area contributed by atoms with Crippen molar-refractivity contribution < 1.29 is 13.9 Å². The molecule has 33 heavy (non-hydrogen) atoms. The number of carbonyl (C=O) groups excluding carboxylic acids is 1. The van der Waals surface area contributed by atoms with Crippen LogP contribution < -0.4 is 10.9 Å². The van der Waals surface area contributed by atoms with E-state index in [9.17, 15) is 14.0 Å². The minimum absolute atomic E-state index is 0.00218. The topological polar surface area (TPSA) is 111 Å². The number of anilines is 1. The van der Waals surface area contributed by atoms with Crippen molar-refractivity contribution in [1.82, 2.24) is 9.88 Å². The van der Waals surface area contributed by atoms with Gasteiger partial charge in [-0.25, -0.2) is 9.92 Å². The average Bonchev–Trinajstić information content (AvgIpc) is 3.26. The number of pyridine rings is 1. The van der Waals surface area contributed by atoms with Gasteiger partial charge in [0.05, 0.1) is 18.8 Å². The number of benzene rings is 2. The van der Waals surface area contributed by atoms with Gasteiger partial charge in [0, 0.05) is 46.9 Å². The van der Waals surface area contributed by atoms with E-state index >= 15 is 0 Å². The smallest absolute Gasteiger partial charge is 0.258 e. The molecule has 0 atom stereocenters. The SMILES string of the molecule is N=N/C(=C\Nc1ccc(C(=O)N2CCC3(COC3)C2)cc1)c1cc2cc(F)ccc2[nH]c1=O. The number of hydrogen-bond donors (Lipinski definition) is 3. The zero-order chi connectivity index (χ0) is 23.0. The summed E-state index contributed by atoms with van der Waals surface area (Å²) in [6.07, 6.45) is 2.41. The van der Waals surface area contributed by atoms with Crippen LogP contribution in [0, 0.1) is 16.8 Å². The molecular formula is C24H22FN5O3. The summed E-state index contributed by atoms with van der Waals surface area (Å²) in [5.41, 5.74) is 9.19. The molecule has 8 nitrogen and oxygen atoms in total. The molecule has 2 saturated heterocycles. The lowest BCUT2D eigenvalue weighted by Gasteiger charge is -2.37. The van der Waals surface area contributed by atoms with Crippen molar-refractivity contribution in [2.45, 2.75) is 6.42 Å². The molecule has 3 N–H and O–H groups in total. The fraction of sp³-hybridized carbons (Fsp3) is 0.250. The van der Waals surface area contributed by atoms with Crippen LogP contribution in [-0.4, -0.2) is 42.1 Å². The molecular weight excluding hydrogens is 425 g/mol. The molecule has 1 aromatic heterocycles. The Labute approximate surface area is 188 Å². The highest BCUT2D eigenvalue weighted by Gasteiger charge is 2.45. The summed E-state index contributed by atoms with van der Waals surface area (Å²) >= 11 is 0. The maximum Gasteiger partial charge on any atom is 0.258 e. The molecule has 2 aliphatic heterocycles. The van der Waals surface area contributed by atoms with Gasteiger partial charge in [-0.15, -0.1) is 0 Å². The molecule has 0 saturated carbocycles. The van der Waals surface area contributed by atoms with Crippen LogP contribution in [0.2, 0.25) is 0 Å². The predicted molar refractivity (Wildman–Crippen MR) is 121 cm³/mol. The number of likely N-dealkylation sites (tertiary alicyclic amines) is 1. The summed E-state index contributed by atoms with van der Waals surface area (Å²) in [6, 6.07) is 12.5. The predicted octanol–water partition coefficient (Wildman–Crippen LogP) is 3.97. The maximum atomic E-state index is 13.6. The van der Waals surface area contributed by atoms with Crippen molar-refractivity contribution in [2.75, 3.05) is 31.6 Å². The Bertz CT molecular complexity index is 1330. The first-order valence-electron chi connectivity index (χ1n) is 10.6. The maximum absolute atomic E-state index is 13.6. The Kier molecular flexibility index (Phi) is 5.26. The number of hydrogen-bond acceptors (Lipinski definition) is 6. The summed E-state index contributed by atoms with van der Waals surface area (Å²) in [5.74, 6) is -0.427. The van der Waals surface area contributed by atoms with Gasteiger partial charge in [0.1, 0.15) is 11.5 Å². The third kappa shape index (κ3) is 4.03. The number of halogens is 1. The number of aromatic amines is 1.